The number of unbranched alkanes of at least 4 members (excludes halogenated alkanes) is 2. The zero-order valence-electron chi connectivity index (χ0n) is 13.8. The lowest BCUT2D eigenvalue weighted by Gasteiger charge is -2.20. The first-order valence-corrected chi connectivity index (χ1v) is 7.82. The molecule has 4 nitrogen and oxygen atoms in total. The fraction of sp³-hybridized carbons (Fsp3) is 0.765. The van der Waals surface area contributed by atoms with Crippen molar-refractivity contribution in [2.24, 2.45) is 11.3 Å². The van der Waals surface area contributed by atoms with Gasteiger partial charge in [0.1, 0.15) is 0 Å². The van der Waals surface area contributed by atoms with Crippen LogP contribution < -0.4 is 0 Å². The number of carbonyl (C=O) groups is 2. The van der Waals surface area contributed by atoms with Gasteiger partial charge in [0.15, 0.2) is 0 Å². The van der Waals surface area contributed by atoms with E-state index in [2.05, 4.69) is 20.8 Å². The lowest BCUT2D eigenvalue weighted by Crippen LogP contribution is -2.17. The van der Waals surface area contributed by atoms with Crippen LogP contribution in [0.4, 0.5) is 0 Å². The number of aliphatic carboxylic acids is 2. The van der Waals surface area contributed by atoms with E-state index < -0.39 is 11.9 Å². The predicted molar refractivity (Wildman–Crippen MR) is 84.3 cm³/mol. The molecular formula is C17H30O4. The molecule has 0 aromatic heterocycles. The van der Waals surface area contributed by atoms with Gasteiger partial charge < -0.3 is 10.2 Å². The minimum absolute atomic E-state index is 0.161. The molecule has 0 aromatic rings. The first-order chi connectivity index (χ1) is 9.67. The fourth-order valence-corrected chi connectivity index (χ4v) is 2.19. The second-order valence-corrected chi connectivity index (χ2v) is 6.81. The van der Waals surface area contributed by atoms with E-state index in [0.717, 1.165) is 19.3 Å². The topological polar surface area (TPSA) is 74.6 Å². The molecule has 0 aliphatic carbocycles. The van der Waals surface area contributed by atoms with Crippen molar-refractivity contribution in [1.82, 2.24) is 0 Å². The Labute approximate surface area is 128 Å². The van der Waals surface area contributed by atoms with Crippen molar-refractivity contribution in [3.63, 3.8) is 0 Å². The summed E-state index contributed by atoms with van der Waals surface area (Å²) in [5, 5.41) is 18.1. The van der Waals surface area contributed by atoms with Gasteiger partial charge in [0, 0.05) is 5.57 Å². The molecule has 0 heterocycles. The quantitative estimate of drug-likeness (QED) is 0.460. The third-order valence-corrected chi connectivity index (χ3v) is 3.65. The van der Waals surface area contributed by atoms with E-state index in [9.17, 15) is 14.7 Å². The molecular weight excluding hydrogens is 268 g/mol. The molecule has 0 saturated carbocycles. The molecule has 1 unspecified atom stereocenters. The molecule has 0 amide bonds. The van der Waals surface area contributed by atoms with Crippen LogP contribution >= 0.6 is 0 Å². The number of carboxylic acid groups (broad SMARTS) is 2. The van der Waals surface area contributed by atoms with Crippen LogP contribution in [0.15, 0.2) is 11.6 Å². The second-order valence-electron chi connectivity index (χ2n) is 6.81. The fourth-order valence-electron chi connectivity index (χ4n) is 2.19. The van der Waals surface area contributed by atoms with E-state index in [1.54, 1.807) is 6.08 Å². The minimum Gasteiger partial charge on any atom is -0.481 e. The number of hydrogen-bond donors (Lipinski definition) is 2. The molecule has 122 valence electrons. The first-order valence-electron chi connectivity index (χ1n) is 7.82. The summed E-state index contributed by atoms with van der Waals surface area (Å²) in [5.74, 6) is -1.85. The highest BCUT2D eigenvalue weighted by atomic mass is 16.4. The Morgan fingerprint density at radius 1 is 1.10 bits per heavy atom. The SMILES string of the molecule is CCC(=CCCCCC(CCC(C)(C)C)C(=O)O)C(=O)O. The summed E-state index contributed by atoms with van der Waals surface area (Å²) < 4.78 is 0. The van der Waals surface area contributed by atoms with Gasteiger partial charge in [-0.3, -0.25) is 4.79 Å². The summed E-state index contributed by atoms with van der Waals surface area (Å²) in [6.45, 7) is 8.19. The standard InChI is InChI=1S/C17H30O4/c1-5-13(15(18)19)9-7-6-8-10-14(16(20)21)11-12-17(2,3)4/h9,14H,5-8,10-12H2,1-4H3,(H,18,19)(H,20,21). The van der Waals surface area contributed by atoms with Gasteiger partial charge in [-0.15, -0.1) is 0 Å². The van der Waals surface area contributed by atoms with Crippen LogP contribution in [-0.4, -0.2) is 22.2 Å². The van der Waals surface area contributed by atoms with Crippen molar-refractivity contribution >= 4 is 11.9 Å². The molecule has 0 saturated heterocycles. The van der Waals surface area contributed by atoms with E-state index in [1.807, 2.05) is 6.92 Å². The van der Waals surface area contributed by atoms with Crippen LogP contribution in [0.25, 0.3) is 0 Å². The van der Waals surface area contributed by atoms with Gasteiger partial charge in [-0.1, -0.05) is 40.2 Å². The monoisotopic (exact) mass is 298 g/mol. The number of carboxylic acids is 2. The molecule has 4 heteroatoms. The summed E-state index contributed by atoms with van der Waals surface area (Å²) in [6.07, 6.45) is 6.96. The maximum Gasteiger partial charge on any atom is 0.331 e. The third kappa shape index (κ3) is 10.1. The lowest BCUT2D eigenvalue weighted by atomic mass is 9.85. The molecule has 0 rings (SSSR count). The Morgan fingerprint density at radius 2 is 1.71 bits per heavy atom. The van der Waals surface area contributed by atoms with Gasteiger partial charge in [-0.2, -0.15) is 0 Å². The van der Waals surface area contributed by atoms with Gasteiger partial charge in [0.05, 0.1) is 5.92 Å². The average molecular weight is 298 g/mol. The summed E-state index contributed by atoms with van der Waals surface area (Å²) in [7, 11) is 0. The Bertz CT molecular complexity index is 363. The van der Waals surface area contributed by atoms with Gasteiger partial charge in [-0.05, 0) is 43.9 Å². The molecule has 2 N–H and O–H groups in total. The highest BCUT2D eigenvalue weighted by molar-refractivity contribution is 5.86. The molecule has 1 atom stereocenters. The zero-order chi connectivity index (χ0) is 16.5. The van der Waals surface area contributed by atoms with Gasteiger partial charge in [-0.25, -0.2) is 4.79 Å². The summed E-state index contributed by atoms with van der Waals surface area (Å²) in [4.78, 5) is 22.1. The number of hydrogen-bond acceptors (Lipinski definition) is 2. The van der Waals surface area contributed by atoms with Crippen molar-refractivity contribution in [2.45, 2.75) is 72.6 Å². The number of rotatable bonds is 10. The predicted octanol–water partition coefficient (Wildman–Crippen LogP) is 4.49. The normalized spacial score (nSPS) is 14.0. The maximum absolute atomic E-state index is 11.2. The van der Waals surface area contributed by atoms with Crippen molar-refractivity contribution < 1.29 is 19.8 Å². The molecule has 0 aliphatic rings. The van der Waals surface area contributed by atoms with E-state index in [4.69, 9.17) is 5.11 Å². The van der Waals surface area contributed by atoms with Crippen molar-refractivity contribution in [2.75, 3.05) is 0 Å². The van der Waals surface area contributed by atoms with Crippen LogP contribution in [0.1, 0.15) is 72.6 Å². The Balaban J connectivity index is 4.10. The highest BCUT2D eigenvalue weighted by Crippen LogP contribution is 2.26. The molecule has 0 bridgehead atoms. The molecule has 0 aliphatic heterocycles. The summed E-state index contributed by atoms with van der Waals surface area (Å²) >= 11 is 0. The Kier molecular flexibility index (Phi) is 8.98. The Morgan fingerprint density at radius 3 is 2.14 bits per heavy atom. The van der Waals surface area contributed by atoms with Crippen molar-refractivity contribution in [3.8, 4) is 0 Å². The minimum atomic E-state index is -0.855. The Hall–Kier alpha value is -1.32. The largest absolute Gasteiger partial charge is 0.481 e. The first kappa shape index (κ1) is 19.7. The highest BCUT2D eigenvalue weighted by Gasteiger charge is 2.20. The lowest BCUT2D eigenvalue weighted by molar-refractivity contribution is -0.142. The van der Waals surface area contributed by atoms with Crippen LogP contribution in [0, 0.1) is 11.3 Å². The van der Waals surface area contributed by atoms with Gasteiger partial charge in [0.2, 0.25) is 0 Å². The van der Waals surface area contributed by atoms with E-state index in [-0.39, 0.29) is 11.3 Å². The van der Waals surface area contributed by atoms with E-state index >= 15 is 0 Å². The molecule has 0 aromatic carbocycles. The average Bonchev–Trinajstić information content (AvgIpc) is 2.34. The van der Waals surface area contributed by atoms with Crippen LogP contribution in [0.2, 0.25) is 0 Å². The maximum atomic E-state index is 11.2. The van der Waals surface area contributed by atoms with E-state index in [0.29, 0.717) is 31.3 Å². The van der Waals surface area contributed by atoms with Crippen molar-refractivity contribution in [1.29, 1.82) is 0 Å². The third-order valence-electron chi connectivity index (χ3n) is 3.65. The molecule has 0 radical (unpaired) electrons. The second kappa shape index (κ2) is 9.59. The van der Waals surface area contributed by atoms with Crippen LogP contribution in [0.3, 0.4) is 0 Å². The molecule has 0 fully saturated rings. The van der Waals surface area contributed by atoms with Crippen LogP contribution in [0.5, 0.6) is 0 Å². The van der Waals surface area contributed by atoms with Gasteiger partial charge in [0.25, 0.3) is 0 Å². The number of allylic oxidation sites excluding steroid dienone is 1. The van der Waals surface area contributed by atoms with E-state index in [1.165, 1.54) is 0 Å². The molecule has 21 heavy (non-hydrogen) atoms. The summed E-state index contributed by atoms with van der Waals surface area (Å²) in [6, 6.07) is 0. The smallest absolute Gasteiger partial charge is 0.331 e. The zero-order valence-corrected chi connectivity index (χ0v) is 13.8. The molecule has 0 spiro atoms. The van der Waals surface area contributed by atoms with Crippen LogP contribution in [-0.2, 0) is 9.59 Å². The summed E-state index contributed by atoms with van der Waals surface area (Å²) in [5.41, 5.74) is 0.603. The van der Waals surface area contributed by atoms with Crippen molar-refractivity contribution in [3.05, 3.63) is 11.6 Å². The van der Waals surface area contributed by atoms with Gasteiger partial charge >= 0.3 is 11.9 Å².